The Balaban J connectivity index is 0.00000231. The lowest BCUT2D eigenvalue weighted by molar-refractivity contribution is -0.178. The van der Waals surface area contributed by atoms with Crippen LogP contribution in [0.15, 0.2) is 48.7 Å². The topological polar surface area (TPSA) is 68.5 Å². The van der Waals surface area contributed by atoms with Gasteiger partial charge in [0.2, 0.25) is 0 Å². The summed E-state index contributed by atoms with van der Waals surface area (Å²) >= 11 is 0. The van der Waals surface area contributed by atoms with Gasteiger partial charge in [0.1, 0.15) is 11.3 Å². The van der Waals surface area contributed by atoms with E-state index in [1.165, 1.54) is 24.8 Å². The number of amides is 1. The molecule has 166 valence electrons. The summed E-state index contributed by atoms with van der Waals surface area (Å²) in [5, 5.41) is 0. The van der Waals surface area contributed by atoms with Crippen LogP contribution in [0.4, 0.5) is 0 Å². The number of methoxy groups -OCH3 is 1. The zero-order valence-corrected chi connectivity index (χ0v) is 18.9. The molecule has 5 rings (SSSR count). The van der Waals surface area contributed by atoms with E-state index in [0.29, 0.717) is 29.5 Å². The van der Waals surface area contributed by atoms with Crippen molar-refractivity contribution in [1.29, 1.82) is 0 Å². The van der Waals surface area contributed by atoms with Crippen LogP contribution >= 0.6 is 12.4 Å². The Morgan fingerprint density at radius 3 is 2.42 bits per heavy atom. The van der Waals surface area contributed by atoms with Crippen molar-refractivity contribution >= 4 is 18.3 Å². The number of fused-ring (bicyclic) bond motifs is 2. The minimum absolute atomic E-state index is 0. The number of aromatic nitrogens is 1. The monoisotopic (exact) mass is 441 g/mol. The summed E-state index contributed by atoms with van der Waals surface area (Å²) in [5.74, 6) is 1.07. The van der Waals surface area contributed by atoms with Gasteiger partial charge in [0, 0.05) is 44.3 Å². The lowest BCUT2D eigenvalue weighted by atomic mass is 9.61. The van der Waals surface area contributed by atoms with Crippen LogP contribution in [-0.4, -0.2) is 42.0 Å². The molecule has 31 heavy (non-hydrogen) atoms. The number of nitrogens with zero attached hydrogens (tertiary/aromatic N) is 2. The van der Waals surface area contributed by atoms with Gasteiger partial charge < -0.3 is 10.5 Å². The van der Waals surface area contributed by atoms with E-state index >= 15 is 0 Å². The van der Waals surface area contributed by atoms with Crippen LogP contribution in [0, 0.1) is 11.8 Å². The van der Waals surface area contributed by atoms with Crippen LogP contribution in [0.25, 0.3) is 0 Å². The van der Waals surface area contributed by atoms with E-state index in [1.54, 1.807) is 6.20 Å². The van der Waals surface area contributed by atoms with Crippen LogP contribution < -0.4 is 5.73 Å². The van der Waals surface area contributed by atoms with Gasteiger partial charge in [-0.25, -0.2) is 0 Å². The van der Waals surface area contributed by atoms with Crippen LogP contribution in [-0.2, 0) is 10.3 Å². The Bertz CT molecular complexity index is 902. The second-order valence-corrected chi connectivity index (χ2v) is 9.30. The molecule has 2 saturated carbocycles. The maximum absolute atomic E-state index is 11.7. The van der Waals surface area contributed by atoms with Crippen molar-refractivity contribution in [3.63, 3.8) is 0 Å². The molecule has 1 unspecified atom stereocenters. The summed E-state index contributed by atoms with van der Waals surface area (Å²) in [6.45, 7) is 2.12. The van der Waals surface area contributed by atoms with Crippen molar-refractivity contribution < 1.29 is 9.53 Å². The number of rotatable bonds is 5. The highest BCUT2D eigenvalue weighted by atomic mass is 35.5. The molecule has 2 N–H and O–H groups in total. The molecular weight excluding hydrogens is 410 g/mol. The molecule has 2 heterocycles. The van der Waals surface area contributed by atoms with E-state index in [9.17, 15) is 4.79 Å². The molecule has 0 radical (unpaired) electrons. The van der Waals surface area contributed by atoms with Crippen molar-refractivity contribution in [3.8, 4) is 0 Å². The number of piperidine rings is 1. The normalized spacial score (nSPS) is 32.5. The molecule has 2 aliphatic carbocycles. The van der Waals surface area contributed by atoms with Gasteiger partial charge in [-0.15, -0.1) is 12.4 Å². The number of likely N-dealkylation sites (tertiary alicyclic amines) is 1. The summed E-state index contributed by atoms with van der Waals surface area (Å²) < 4.78 is 6.33. The highest BCUT2D eigenvalue weighted by molar-refractivity contribution is 5.90. The minimum Gasteiger partial charge on any atom is -0.373 e. The standard InChI is InChI=1S/C25H31N3O2.ClH/c1-30-25(19-10-11-27-23(14-19)24(26)29)20-8-5-9-21(25)16-28(15-20)22-12-18(13-22)17-6-3-2-4-7-17;/h2-4,6-7,10-11,14,18,20-22H,5,8-9,12-13,15-16H2,1H3,(H2,26,29);1H/t18?,20-,21+,22?,25?;. The van der Waals surface area contributed by atoms with Crippen molar-refractivity contribution in [2.75, 3.05) is 20.2 Å². The van der Waals surface area contributed by atoms with E-state index in [-0.39, 0.29) is 18.0 Å². The van der Waals surface area contributed by atoms with E-state index in [4.69, 9.17) is 10.5 Å². The smallest absolute Gasteiger partial charge is 0.267 e. The first kappa shape index (κ1) is 22.3. The summed E-state index contributed by atoms with van der Waals surface area (Å²) in [5.41, 5.74) is 8.04. The number of halogens is 1. The first-order valence-corrected chi connectivity index (χ1v) is 11.2. The van der Waals surface area contributed by atoms with E-state index in [1.807, 2.05) is 19.2 Å². The third kappa shape index (κ3) is 3.77. The first-order valence-electron chi connectivity index (χ1n) is 11.2. The Morgan fingerprint density at radius 2 is 1.81 bits per heavy atom. The summed E-state index contributed by atoms with van der Waals surface area (Å²) in [7, 11) is 1.83. The largest absolute Gasteiger partial charge is 0.373 e. The lowest BCUT2D eigenvalue weighted by Gasteiger charge is -2.58. The SMILES string of the molecule is COC1(c2ccnc(C(N)=O)c2)[C@@H]2CCC[C@H]1CN(C1CC(c3ccccc3)C1)C2.Cl. The maximum Gasteiger partial charge on any atom is 0.267 e. The number of benzene rings is 1. The molecule has 1 aromatic heterocycles. The number of pyridine rings is 1. The molecular formula is C25H32ClN3O2. The van der Waals surface area contributed by atoms with Crippen molar-refractivity contribution in [1.82, 2.24) is 9.88 Å². The number of primary amides is 1. The zero-order chi connectivity index (χ0) is 20.7. The third-order valence-electron chi connectivity index (χ3n) is 7.93. The molecule has 1 saturated heterocycles. The van der Waals surface area contributed by atoms with Gasteiger partial charge in [0.05, 0.1) is 0 Å². The van der Waals surface area contributed by atoms with E-state index in [0.717, 1.165) is 31.5 Å². The van der Waals surface area contributed by atoms with Crippen molar-refractivity contribution in [2.45, 2.75) is 49.7 Å². The summed E-state index contributed by atoms with van der Waals surface area (Å²) in [6.07, 6.45) is 7.77. The van der Waals surface area contributed by atoms with Crippen LogP contribution in [0.1, 0.15) is 59.6 Å². The number of nitrogens with two attached hydrogens (primary N) is 1. The number of carbonyl (C=O) groups is 1. The van der Waals surface area contributed by atoms with E-state index in [2.05, 4.69) is 40.2 Å². The average Bonchev–Trinajstić information content (AvgIpc) is 2.73. The number of hydrogen-bond acceptors (Lipinski definition) is 4. The molecule has 6 heteroatoms. The fraction of sp³-hybridized carbons (Fsp3) is 0.520. The van der Waals surface area contributed by atoms with Crippen molar-refractivity contribution in [3.05, 3.63) is 65.5 Å². The second-order valence-electron chi connectivity index (χ2n) is 9.30. The first-order chi connectivity index (χ1) is 14.6. The molecule has 3 atom stereocenters. The molecule has 5 nitrogen and oxygen atoms in total. The van der Waals surface area contributed by atoms with Crippen LogP contribution in [0.3, 0.4) is 0 Å². The Morgan fingerprint density at radius 1 is 1.13 bits per heavy atom. The maximum atomic E-state index is 11.7. The molecule has 1 aliphatic heterocycles. The summed E-state index contributed by atoms with van der Waals surface area (Å²) in [4.78, 5) is 18.6. The van der Waals surface area contributed by atoms with Gasteiger partial charge in [-0.3, -0.25) is 14.7 Å². The van der Waals surface area contributed by atoms with E-state index < -0.39 is 5.91 Å². The Hall–Kier alpha value is -1.95. The fourth-order valence-corrected chi connectivity index (χ4v) is 6.38. The van der Waals surface area contributed by atoms with Crippen LogP contribution in [0.5, 0.6) is 0 Å². The van der Waals surface area contributed by atoms with Gasteiger partial charge in [-0.05, 0) is 54.9 Å². The highest BCUT2D eigenvalue weighted by Crippen LogP contribution is 2.53. The predicted molar refractivity (Wildman–Crippen MR) is 123 cm³/mol. The van der Waals surface area contributed by atoms with Gasteiger partial charge in [0.25, 0.3) is 5.91 Å². The summed E-state index contributed by atoms with van der Waals surface area (Å²) in [6, 6.07) is 15.5. The van der Waals surface area contributed by atoms with Crippen LogP contribution in [0.2, 0.25) is 0 Å². The molecule has 2 aromatic rings. The fourth-order valence-electron chi connectivity index (χ4n) is 6.38. The molecule has 1 aromatic carbocycles. The Kier molecular flexibility index (Phi) is 6.38. The molecule has 1 amide bonds. The van der Waals surface area contributed by atoms with Crippen molar-refractivity contribution in [2.24, 2.45) is 17.6 Å². The molecule has 0 spiro atoms. The lowest BCUT2D eigenvalue weighted by Crippen LogP contribution is -2.62. The average molecular weight is 442 g/mol. The molecule has 3 aliphatic rings. The minimum atomic E-state index is -0.480. The quantitative estimate of drug-likeness (QED) is 0.757. The Labute approximate surface area is 190 Å². The zero-order valence-electron chi connectivity index (χ0n) is 18.1. The predicted octanol–water partition coefficient (Wildman–Crippen LogP) is 4.12. The number of carbonyl (C=O) groups excluding carboxylic acids is 1. The second kappa shape index (κ2) is 8.89. The van der Waals surface area contributed by atoms with Gasteiger partial charge in [-0.1, -0.05) is 36.8 Å². The van der Waals surface area contributed by atoms with Gasteiger partial charge >= 0.3 is 0 Å². The number of ether oxygens (including phenoxy) is 1. The third-order valence-corrected chi connectivity index (χ3v) is 7.93. The highest BCUT2D eigenvalue weighted by Gasteiger charge is 2.54. The van der Waals surface area contributed by atoms with Gasteiger partial charge in [0.15, 0.2) is 0 Å². The molecule has 3 fully saturated rings. The molecule has 2 bridgehead atoms. The van der Waals surface area contributed by atoms with Gasteiger partial charge in [-0.2, -0.15) is 0 Å². The number of hydrogen-bond donors (Lipinski definition) is 1.